The van der Waals surface area contributed by atoms with Gasteiger partial charge in [0, 0.05) is 11.6 Å². The van der Waals surface area contributed by atoms with Crippen molar-refractivity contribution in [3.8, 4) is 5.75 Å². The fourth-order valence-electron chi connectivity index (χ4n) is 1.46. The molecule has 108 valence electrons. The van der Waals surface area contributed by atoms with E-state index < -0.39 is 16.7 Å². The molecule has 0 aliphatic heterocycles. The van der Waals surface area contributed by atoms with Crippen molar-refractivity contribution in [1.82, 2.24) is 0 Å². The second-order valence-corrected chi connectivity index (χ2v) is 3.76. The van der Waals surface area contributed by atoms with E-state index >= 15 is 0 Å². The van der Waals surface area contributed by atoms with Crippen LogP contribution in [0.25, 0.3) is 0 Å². The molecule has 0 unspecified atom stereocenters. The molecular weight excluding hydrogens is 269 g/mol. The molecule has 0 amide bonds. The average molecular weight is 283 g/mol. The zero-order valence-electron chi connectivity index (χ0n) is 11.1. The third kappa shape index (κ3) is 4.04. The number of nitro groups is 1. The van der Waals surface area contributed by atoms with E-state index in [1.807, 2.05) is 0 Å². The van der Waals surface area contributed by atoms with Crippen molar-refractivity contribution in [3.63, 3.8) is 0 Å². The lowest BCUT2D eigenvalue weighted by Crippen LogP contribution is -2.06. The Morgan fingerprint density at radius 1 is 1.50 bits per heavy atom. The second kappa shape index (κ2) is 7.22. The van der Waals surface area contributed by atoms with Crippen LogP contribution in [0.4, 0.5) is 10.1 Å². The number of non-ortho nitro benzene ring substituents is 1. The van der Waals surface area contributed by atoms with Gasteiger partial charge >= 0.3 is 5.97 Å². The van der Waals surface area contributed by atoms with E-state index in [9.17, 15) is 19.3 Å². The molecule has 0 fully saturated rings. The fourth-order valence-corrected chi connectivity index (χ4v) is 1.46. The van der Waals surface area contributed by atoms with Crippen LogP contribution in [0.15, 0.2) is 29.8 Å². The van der Waals surface area contributed by atoms with E-state index in [1.54, 1.807) is 6.92 Å². The third-order valence-electron chi connectivity index (χ3n) is 2.52. The molecule has 0 saturated heterocycles. The molecule has 0 aromatic heterocycles. The molecule has 0 radical (unpaired) electrons. The van der Waals surface area contributed by atoms with Gasteiger partial charge in [0.1, 0.15) is 6.61 Å². The van der Waals surface area contributed by atoms with E-state index in [4.69, 9.17) is 4.74 Å². The van der Waals surface area contributed by atoms with Crippen LogP contribution in [-0.4, -0.2) is 24.6 Å². The number of nitro benzene ring substituents is 1. The van der Waals surface area contributed by atoms with Gasteiger partial charge in [-0.05, 0) is 18.6 Å². The van der Waals surface area contributed by atoms with Gasteiger partial charge in [0.05, 0.1) is 18.1 Å². The molecule has 20 heavy (non-hydrogen) atoms. The number of hydrogen-bond acceptors (Lipinski definition) is 5. The highest BCUT2D eigenvalue weighted by atomic mass is 19.1. The summed E-state index contributed by atoms with van der Waals surface area (Å²) in [5.41, 5.74) is 0.0593. The maximum absolute atomic E-state index is 13.5. The molecule has 0 spiro atoms. The minimum Gasteiger partial charge on any atom is -0.486 e. The normalized spacial score (nSPS) is 11.1. The van der Waals surface area contributed by atoms with E-state index in [2.05, 4.69) is 4.74 Å². The molecule has 1 aromatic carbocycles. The molecule has 0 heterocycles. The first-order valence-electron chi connectivity index (χ1n) is 5.83. The van der Waals surface area contributed by atoms with Gasteiger partial charge < -0.3 is 9.47 Å². The Morgan fingerprint density at radius 3 is 2.70 bits per heavy atom. The Hall–Kier alpha value is -2.44. The second-order valence-electron chi connectivity index (χ2n) is 3.76. The standard InChI is InChI=1S/C13H14FNO5/c1-3-9(13(16)19-2)6-7-20-12-5-4-10(15(17)18)8-11(12)14/h4-6,8H,3,7H2,1-2H3. The van der Waals surface area contributed by atoms with Crippen LogP contribution in [0.5, 0.6) is 5.75 Å². The molecule has 0 aliphatic carbocycles. The van der Waals surface area contributed by atoms with E-state index in [-0.39, 0.29) is 18.0 Å². The van der Waals surface area contributed by atoms with Crippen LogP contribution < -0.4 is 4.74 Å². The molecule has 0 saturated carbocycles. The average Bonchev–Trinajstić information content (AvgIpc) is 2.44. The van der Waals surface area contributed by atoms with Crippen molar-refractivity contribution in [2.24, 2.45) is 0 Å². The molecule has 0 bridgehead atoms. The highest BCUT2D eigenvalue weighted by Gasteiger charge is 2.11. The summed E-state index contributed by atoms with van der Waals surface area (Å²) in [7, 11) is 1.27. The molecule has 7 heteroatoms. The van der Waals surface area contributed by atoms with Gasteiger partial charge in [-0.15, -0.1) is 0 Å². The monoisotopic (exact) mass is 283 g/mol. The predicted molar refractivity (Wildman–Crippen MR) is 68.9 cm³/mol. The Kier molecular flexibility index (Phi) is 5.64. The van der Waals surface area contributed by atoms with Gasteiger partial charge in [-0.2, -0.15) is 0 Å². The molecule has 0 N–H and O–H groups in total. The van der Waals surface area contributed by atoms with Crippen molar-refractivity contribution < 1.29 is 23.6 Å². The van der Waals surface area contributed by atoms with Crippen LogP contribution >= 0.6 is 0 Å². The highest BCUT2D eigenvalue weighted by Crippen LogP contribution is 2.22. The van der Waals surface area contributed by atoms with Crippen LogP contribution in [0.2, 0.25) is 0 Å². The number of benzene rings is 1. The van der Waals surface area contributed by atoms with Gasteiger partial charge in [-0.25, -0.2) is 9.18 Å². The molecule has 1 aromatic rings. The van der Waals surface area contributed by atoms with E-state index in [0.29, 0.717) is 12.0 Å². The summed E-state index contributed by atoms with van der Waals surface area (Å²) in [5.74, 6) is -1.42. The lowest BCUT2D eigenvalue weighted by atomic mass is 10.2. The minimum absolute atomic E-state index is 0.0347. The van der Waals surface area contributed by atoms with Crippen LogP contribution in [0.3, 0.4) is 0 Å². The first-order valence-corrected chi connectivity index (χ1v) is 5.83. The van der Waals surface area contributed by atoms with Crippen molar-refractivity contribution in [1.29, 1.82) is 0 Å². The van der Waals surface area contributed by atoms with Gasteiger partial charge in [-0.1, -0.05) is 6.92 Å². The number of ether oxygens (including phenoxy) is 2. The summed E-state index contributed by atoms with van der Waals surface area (Å²) in [5, 5.41) is 10.5. The third-order valence-corrected chi connectivity index (χ3v) is 2.52. The van der Waals surface area contributed by atoms with Crippen molar-refractivity contribution in [3.05, 3.63) is 45.8 Å². The summed E-state index contributed by atoms with van der Waals surface area (Å²) >= 11 is 0. The molecule has 0 aliphatic rings. The molecule has 1 rings (SSSR count). The first kappa shape index (κ1) is 15.6. The first-order chi connectivity index (χ1) is 9.49. The lowest BCUT2D eigenvalue weighted by molar-refractivity contribution is -0.385. The molecule has 0 atom stereocenters. The number of halogens is 1. The summed E-state index contributed by atoms with van der Waals surface area (Å²) in [6, 6.07) is 3.09. The van der Waals surface area contributed by atoms with Gasteiger partial charge in [0.15, 0.2) is 11.6 Å². The smallest absolute Gasteiger partial charge is 0.333 e. The van der Waals surface area contributed by atoms with Crippen molar-refractivity contribution >= 4 is 11.7 Å². The fraction of sp³-hybridized carbons (Fsp3) is 0.308. The zero-order chi connectivity index (χ0) is 15.1. The van der Waals surface area contributed by atoms with E-state index in [1.165, 1.54) is 19.3 Å². The summed E-state index contributed by atoms with van der Waals surface area (Å²) in [4.78, 5) is 21.0. The van der Waals surface area contributed by atoms with Crippen LogP contribution in [0, 0.1) is 15.9 Å². The Balaban J connectivity index is 2.73. The lowest BCUT2D eigenvalue weighted by Gasteiger charge is -2.06. The summed E-state index contributed by atoms with van der Waals surface area (Å²) in [6.07, 6.45) is 1.94. The largest absolute Gasteiger partial charge is 0.486 e. The van der Waals surface area contributed by atoms with Crippen LogP contribution in [0.1, 0.15) is 13.3 Å². The molecule has 6 nitrogen and oxygen atoms in total. The Morgan fingerprint density at radius 2 is 2.20 bits per heavy atom. The number of nitrogens with zero attached hydrogens (tertiary/aromatic N) is 1. The van der Waals surface area contributed by atoms with E-state index in [0.717, 1.165) is 12.1 Å². The minimum atomic E-state index is -0.830. The van der Waals surface area contributed by atoms with Gasteiger partial charge in [0.25, 0.3) is 5.69 Å². The van der Waals surface area contributed by atoms with Gasteiger partial charge in [-0.3, -0.25) is 10.1 Å². The van der Waals surface area contributed by atoms with Crippen molar-refractivity contribution in [2.75, 3.05) is 13.7 Å². The van der Waals surface area contributed by atoms with Crippen molar-refractivity contribution in [2.45, 2.75) is 13.3 Å². The predicted octanol–water partition coefficient (Wildman–Crippen LogP) is 2.62. The number of hydrogen-bond donors (Lipinski definition) is 0. The Bertz CT molecular complexity index is 542. The maximum atomic E-state index is 13.5. The summed E-state index contributed by atoms with van der Waals surface area (Å²) in [6.45, 7) is 1.74. The molecular formula is C13H14FNO5. The number of rotatable bonds is 6. The number of carbonyl (C=O) groups is 1. The number of methoxy groups -OCH3 is 1. The topological polar surface area (TPSA) is 78.7 Å². The quantitative estimate of drug-likeness (QED) is 0.347. The Labute approximate surface area is 115 Å². The number of esters is 1. The van der Waals surface area contributed by atoms with Crippen LogP contribution in [-0.2, 0) is 9.53 Å². The van der Waals surface area contributed by atoms with Gasteiger partial charge in [0.2, 0.25) is 0 Å². The summed E-state index contributed by atoms with van der Waals surface area (Å²) < 4.78 is 23.2. The maximum Gasteiger partial charge on any atom is 0.333 e. The SMILES string of the molecule is CCC(=CCOc1ccc([N+](=O)[O-])cc1F)C(=O)OC. The highest BCUT2D eigenvalue weighted by molar-refractivity contribution is 5.88. The number of carbonyl (C=O) groups excluding carboxylic acids is 1. The zero-order valence-corrected chi connectivity index (χ0v) is 11.1.